The van der Waals surface area contributed by atoms with Gasteiger partial charge in [-0.2, -0.15) is 0 Å². The van der Waals surface area contributed by atoms with Crippen molar-refractivity contribution >= 4 is 11.9 Å². The van der Waals surface area contributed by atoms with Gasteiger partial charge in [-0.25, -0.2) is 0 Å². The fourth-order valence-corrected chi connectivity index (χ4v) is 0.963. The molecule has 0 aromatic carbocycles. The largest absolute Gasteiger partial charge is 0.481 e. The van der Waals surface area contributed by atoms with Crippen LogP contribution in [0, 0.1) is 5.92 Å². The topological polar surface area (TPSA) is 66.8 Å². The molecular weight excluding hydrogens is 162 g/mol. The molecule has 0 aliphatic carbocycles. The highest BCUT2D eigenvalue weighted by Crippen LogP contribution is 2.09. The van der Waals surface area contributed by atoms with Crippen LogP contribution < -0.4 is 0 Å². The molecule has 1 N–H and O–H groups in total. The van der Waals surface area contributed by atoms with E-state index in [9.17, 15) is 9.59 Å². The maximum atomic E-state index is 10.6. The monoisotopic (exact) mass is 173 g/mol. The number of carboxylic acids is 1. The van der Waals surface area contributed by atoms with E-state index in [1.807, 2.05) is 0 Å². The molecule has 0 aromatic heterocycles. The van der Waals surface area contributed by atoms with Crippen molar-refractivity contribution in [2.24, 2.45) is 5.92 Å². The number of hydrogen-bond acceptors (Lipinski definition) is 4. The number of carbonyl (C=O) groups excluding carboxylic acids is 1. The van der Waals surface area contributed by atoms with Crippen LogP contribution in [0.4, 0.5) is 0 Å². The normalized spacial score (nSPS) is 20.6. The molecule has 1 aliphatic rings. The number of carboxylic acid groups (broad SMARTS) is 1. The molecule has 0 aromatic rings. The van der Waals surface area contributed by atoms with Crippen molar-refractivity contribution in [2.45, 2.75) is 13.3 Å². The molecule has 68 valence electrons. The van der Waals surface area contributed by atoms with E-state index in [0.29, 0.717) is 13.0 Å². The van der Waals surface area contributed by atoms with Crippen LogP contribution in [0.5, 0.6) is 0 Å². The lowest BCUT2D eigenvalue weighted by atomic mass is 10.2. The zero-order chi connectivity index (χ0) is 9.14. The highest BCUT2D eigenvalue weighted by molar-refractivity contribution is 5.71. The van der Waals surface area contributed by atoms with Gasteiger partial charge in [0, 0.05) is 13.1 Å². The molecule has 0 spiro atoms. The second kappa shape index (κ2) is 3.53. The van der Waals surface area contributed by atoms with Gasteiger partial charge in [-0.05, 0) is 0 Å². The summed E-state index contributed by atoms with van der Waals surface area (Å²) in [6.45, 7) is 2.34. The Morgan fingerprint density at radius 2 is 2.50 bits per heavy atom. The second-order valence-electron chi connectivity index (χ2n) is 2.84. The van der Waals surface area contributed by atoms with Gasteiger partial charge in [-0.15, -0.1) is 5.06 Å². The van der Waals surface area contributed by atoms with Crippen molar-refractivity contribution in [3.63, 3.8) is 0 Å². The quantitative estimate of drug-likeness (QED) is 0.644. The van der Waals surface area contributed by atoms with Crippen molar-refractivity contribution in [1.82, 2.24) is 5.06 Å². The van der Waals surface area contributed by atoms with E-state index in [-0.39, 0.29) is 12.5 Å². The predicted molar refractivity (Wildman–Crippen MR) is 39.1 cm³/mol. The standard InChI is InChI=1S/C7H11NO4/c1-5(7(10)11)4-8-3-2-6(9)12-8/h5H,2-4H2,1H3,(H,10,11). The van der Waals surface area contributed by atoms with E-state index in [4.69, 9.17) is 9.94 Å². The fourth-order valence-electron chi connectivity index (χ4n) is 0.963. The molecule has 0 bridgehead atoms. The number of hydroxylamine groups is 2. The molecule has 5 nitrogen and oxygen atoms in total. The van der Waals surface area contributed by atoms with Crippen LogP contribution in [0.15, 0.2) is 0 Å². The van der Waals surface area contributed by atoms with E-state index < -0.39 is 11.9 Å². The average Bonchev–Trinajstić information content (AvgIpc) is 2.35. The second-order valence-corrected chi connectivity index (χ2v) is 2.84. The van der Waals surface area contributed by atoms with E-state index >= 15 is 0 Å². The van der Waals surface area contributed by atoms with Gasteiger partial charge >= 0.3 is 11.9 Å². The Bertz CT molecular complexity index is 204. The van der Waals surface area contributed by atoms with E-state index in [1.54, 1.807) is 6.92 Å². The van der Waals surface area contributed by atoms with Crippen LogP contribution in [-0.2, 0) is 14.4 Å². The molecule has 1 fully saturated rings. The number of rotatable bonds is 3. The minimum absolute atomic E-state index is 0.265. The molecule has 0 saturated carbocycles. The summed E-state index contributed by atoms with van der Waals surface area (Å²) in [5.74, 6) is -1.67. The van der Waals surface area contributed by atoms with E-state index in [2.05, 4.69) is 0 Å². The first-order chi connectivity index (χ1) is 5.59. The molecule has 12 heavy (non-hydrogen) atoms. The van der Waals surface area contributed by atoms with Gasteiger partial charge in [0.15, 0.2) is 0 Å². The third-order valence-electron chi connectivity index (χ3n) is 1.70. The van der Waals surface area contributed by atoms with Gasteiger partial charge in [-0.1, -0.05) is 6.92 Å². The van der Waals surface area contributed by atoms with Gasteiger partial charge in [0.05, 0.1) is 12.3 Å². The highest BCUT2D eigenvalue weighted by Gasteiger charge is 2.24. The van der Waals surface area contributed by atoms with Crippen molar-refractivity contribution in [3.05, 3.63) is 0 Å². The van der Waals surface area contributed by atoms with E-state index in [1.165, 1.54) is 5.06 Å². The van der Waals surface area contributed by atoms with Gasteiger partial charge in [-0.3, -0.25) is 9.59 Å². The molecule has 1 atom stereocenters. The summed E-state index contributed by atoms with van der Waals surface area (Å²) in [6, 6.07) is 0. The summed E-state index contributed by atoms with van der Waals surface area (Å²) >= 11 is 0. The lowest BCUT2D eigenvalue weighted by Crippen LogP contribution is -2.28. The first kappa shape index (κ1) is 8.99. The molecule has 1 heterocycles. The Hall–Kier alpha value is -1.10. The van der Waals surface area contributed by atoms with Crippen LogP contribution in [-0.4, -0.2) is 35.2 Å². The predicted octanol–water partition coefficient (Wildman–Crippen LogP) is -0.129. The zero-order valence-corrected chi connectivity index (χ0v) is 6.82. The Balaban J connectivity index is 2.32. The van der Waals surface area contributed by atoms with Gasteiger partial charge in [0.2, 0.25) is 0 Å². The minimum Gasteiger partial charge on any atom is -0.481 e. The smallest absolute Gasteiger partial charge is 0.326 e. The Labute approximate surface area is 69.9 Å². The Morgan fingerprint density at radius 1 is 1.83 bits per heavy atom. The van der Waals surface area contributed by atoms with Crippen LogP contribution in [0.1, 0.15) is 13.3 Å². The van der Waals surface area contributed by atoms with Crippen LogP contribution in [0.3, 0.4) is 0 Å². The number of aliphatic carboxylic acids is 1. The molecule has 1 unspecified atom stereocenters. The van der Waals surface area contributed by atoms with Crippen LogP contribution in [0.25, 0.3) is 0 Å². The summed E-state index contributed by atoms with van der Waals surface area (Å²) in [5.41, 5.74) is 0. The van der Waals surface area contributed by atoms with Gasteiger partial charge in [0.1, 0.15) is 0 Å². The maximum Gasteiger partial charge on any atom is 0.326 e. The third kappa shape index (κ3) is 2.20. The first-order valence-corrected chi connectivity index (χ1v) is 3.78. The first-order valence-electron chi connectivity index (χ1n) is 3.78. The summed E-state index contributed by atoms with van der Waals surface area (Å²) in [4.78, 5) is 25.7. The van der Waals surface area contributed by atoms with Gasteiger partial charge in [0.25, 0.3) is 0 Å². The summed E-state index contributed by atoms with van der Waals surface area (Å²) in [6.07, 6.45) is 0.354. The molecule has 1 saturated heterocycles. The van der Waals surface area contributed by atoms with Crippen molar-refractivity contribution in [3.8, 4) is 0 Å². The molecule has 0 amide bonds. The van der Waals surface area contributed by atoms with Crippen molar-refractivity contribution in [2.75, 3.05) is 13.1 Å². The fraction of sp³-hybridized carbons (Fsp3) is 0.714. The minimum atomic E-state index is -0.877. The maximum absolute atomic E-state index is 10.6. The summed E-state index contributed by atoms with van der Waals surface area (Å²) in [7, 11) is 0. The Morgan fingerprint density at radius 3 is 2.92 bits per heavy atom. The number of carbonyl (C=O) groups is 2. The van der Waals surface area contributed by atoms with Crippen molar-refractivity contribution < 1.29 is 19.5 Å². The Kier molecular flexibility index (Phi) is 2.65. The lowest BCUT2D eigenvalue weighted by Gasteiger charge is -2.14. The zero-order valence-electron chi connectivity index (χ0n) is 6.82. The molecule has 5 heteroatoms. The summed E-state index contributed by atoms with van der Waals surface area (Å²) in [5, 5.41) is 9.93. The molecule has 1 aliphatic heterocycles. The molecule has 0 radical (unpaired) electrons. The van der Waals surface area contributed by atoms with Crippen LogP contribution >= 0.6 is 0 Å². The average molecular weight is 173 g/mol. The lowest BCUT2D eigenvalue weighted by molar-refractivity contribution is -0.174. The number of hydrogen-bond donors (Lipinski definition) is 1. The third-order valence-corrected chi connectivity index (χ3v) is 1.70. The molecular formula is C7H11NO4. The van der Waals surface area contributed by atoms with E-state index in [0.717, 1.165) is 0 Å². The SMILES string of the molecule is CC(CN1CCC(=O)O1)C(=O)O. The van der Waals surface area contributed by atoms with Crippen LogP contribution in [0.2, 0.25) is 0 Å². The van der Waals surface area contributed by atoms with Gasteiger partial charge < -0.3 is 9.94 Å². The molecule has 1 rings (SSSR count). The van der Waals surface area contributed by atoms with Crippen molar-refractivity contribution in [1.29, 1.82) is 0 Å². The number of nitrogens with zero attached hydrogens (tertiary/aromatic N) is 1. The highest BCUT2D eigenvalue weighted by atomic mass is 16.7. The summed E-state index contributed by atoms with van der Waals surface area (Å²) < 4.78 is 0.